The monoisotopic (exact) mass is 271 g/mol. The molecule has 1 aliphatic rings. The zero-order chi connectivity index (χ0) is 12.3. The lowest BCUT2D eigenvalue weighted by molar-refractivity contribution is 0.00990. The summed E-state index contributed by atoms with van der Waals surface area (Å²) in [6.45, 7) is 0.954. The van der Waals surface area contributed by atoms with Crippen molar-refractivity contribution in [2.45, 2.75) is 12.8 Å². The first kappa shape index (κ1) is 12.6. The van der Waals surface area contributed by atoms with Crippen LogP contribution in [0.4, 0.5) is 0 Å². The van der Waals surface area contributed by atoms with Crippen molar-refractivity contribution >= 4 is 28.8 Å². The molecule has 0 radical (unpaired) electrons. The average Bonchev–Trinajstić information content (AvgIpc) is 3.08. The van der Waals surface area contributed by atoms with E-state index >= 15 is 0 Å². The van der Waals surface area contributed by atoms with Crippen molar-refractivity contribution in [1.29, 1.82) is 0 Å². The van der Waals surface area contributed by atoms with Gasteiger partial charge in [0.25, 0.3) is 0 Å². The molecule has 0 aromatic heterocycles. The molecule has 92 valence electrons. The van der Waals surface area contributed by atoms with Gasteiger partial charge in [-0.15, -0.1) is 0 Å². The Kier molecular flexibility index (Phi) is 4.20. The van der Waals surface area contributed by atoms with Gasteiger partial charge in [0.1, 0.15) is 10.7 Å². The zero-order valence-corrected chi connectivity index (χ0v) is 10.9. The van der Waals surface area contributed by atoms with Crippen LogP contribution in [0.15, 0.2) is 18.2 Å². The molecule has 2 N–H and O–H groups in total. The predicted molar refractivity (Wildman–Crippen MR) is 71.5 cm³/mol. The first-order chi connectivity index (χ1) is 8.16. The third-order valence-electron chi connectivity index (χ3n) is 2.56. The summed E-state index contributed by atoms with van der Waals surface area (Å²) in [5.74, 6) is 1.29. The van der Waals surface area contributed by atoms with E-state index in [9.17, 15) is 0 Å². The van der Waals surface area contributed by atoms with Crippen LogP contribution in [0.25, 0.3) is 0 Å². The van der Waals surface area contributed by atoms with Crippen molar-refractivity contribution in [1.82, 2.24) is 0 Å². The Hall–Kier alpha value is -0.840. The summed E-state index contributed by atoms with van der Waals surface area (Å²) in [6, 6.07) is 5.17. The maximum absolute atomic E-state index is 5.89. The minimum atomic E-state index is 0.201. The first-order valence-electron chi connectivity index (χ1n) is 5.46. The molecule has 0 aliphatic heterocycles. The van der Waals surface area contributed by atoms with Crippen LogP contribution in [-0.2, 0) is 4.74 Å². The lowest BCUT2D eigenvalue weighted by Gasteiger charge is -2.11. The lowest BCUT2D eigenvalue weighted by atomic mass is 10.2. The van der Waals surface area contributed by atoms with Crippen LogP contribution >= 0.6 is 23.8 Å². The Morgan fingerprint density at radius 2 is 2.24 bits per heavy atom. The predicted octanol–water partition coefficient (Wildman–Crippen LogP) is 2.74. The van der Waals surface area contributed by atoms with E-state index < -0.39 is 0 Å². The first-order valence-corrected chi connectivity index (χ1v) is 6.25. The van der Waals surface area contributed by atoms with E-state index in [1.165, 1.54) is 12.8 Å². The lowest BCUT2D eigenvalue weighted by Crippen LogP contribution is -2.13. The van der Waals surface area contributed by atoms with Crippen LogP contribution < -0.4 is 10.5 Å². The molecule has 1 saturated carbocycles. The number of nitrogens with two attached hydrogens (primary N) is 1. The van der Waals surface area contributed by atoms with Gasteiger partial charge < -0.3 is 15.2 Å². The van der Waals surface area contributed by atoms with Gasteiger partial charge in [0.05, 0.1) is 12.2 Å². The fourth-order valence-electron chi connectivity index (χ4n) is 1.42. The smallest absolute Gasteiger partial charge is 0.189 e. The van der Waals surface area contributed by atoms with Crippen LogP contribution in [-0.4, -0.2) is 18.4 Å². The minimum Gasteiger partial charge on any atom is -0.467 e. The SMILES string of the molecule is NC(=S)c1ccc(Cl)cc1OCOCC1CC1. The van der Waals surface area contributed by atoms with Gasteiger partial charge in [-0.25, -0.2) is 0 Å². The highest BCUT2D eigenvalue weighted by atomic mass is 35.5. The third kappa shape index (κ3) is 3.84. The number of hydrogen-bond donors (Lipinski definition) is 1. The highest BCUT2D eigenvalue weighted by Crippen LogP contribution is 2.29. The summed E-state index contributed by atoms with van der Waals surface area (Å²) in [6.07, 6.45) is 2.52. The molecule has 1 fully saturated rings. The molecule has 2 rings (SSSR count). The summed E-state index contributed by atoms with van der Waals surface area (Å²) in [5, 5.41) is 0.585. The second kappa shape index (κ2) is 5.67. The number of thiocarbonyl (C=S) groups is 1. The molecular weight excluding hydrogens is 258 g/mol. The van der Waals surface area contributed by atoms with Gasteiger partial charge in [-0.1, -0.05) is 23.8 Å². The van der Waals surface area contributed by atoms with Gasteiger partial charge in [-0.2, -0.15) is 0 Å². The number of hydrogen-bond acceptors (Lipinski definition) is 3. The summed E-state index contributed by atoms with van der Waals surface area (Å²) < 4.78 is 10.9. The molecule has 0 heterocycles. The number of halogens is 1. The molecule has 0 amide bonds. The van der Waals surface area contributed by atoms with Gasteiger partial charge >= 0.3 is 0 Å². The highest BCUT2D eigenvalue weighted by molar-refractivity contribution is 7.80. The van der Waals surface area contributed by atoms with Crippen molar-refractivity contribution < 1.29 is 9.47 Å². The topological polar surface area (TPSA) is 44.5 Å². The summed E-state index contributed by atoms with van der Waals surface area (Å²) in [4.78, 5) is 0.291. The summed E-state index contributed by atoms with van der Waals surface area (Å²) in [7, 11) is 0. The van der Waals surface area contributed by atoms with Gasteiger partial charge in [-0.05, 0) is 37.0 Å². The number of ether oxygens (including phenoxy) is 2. The van der Waals surface area contributed by atoms with Crippen molar-refractivity contribution in [3.8, 4) is 5.75 Å². The molecule has 0 atom stereocenters. The molecule has 0 saturated heterocycles. The van der Waals surface area contributed by atoms with Gasteiger partial charge in [0, 0.05) is 5.02 Å². The summed E-state index contributed by atoms with van der Waals surface area (Å²) >= 11 is 10.8. The fraction of sp³-hybridized carbons (Fsp3) is 0.417. The van der Waals surface area contributed by atoms with E-state index in [2.05, 4.69) is 0 Å². The molecule has 17 heavy (non-hydrogen) atoms. The second-order valence-corrected chi connectivity index (χ2v) is 4.96. The molecule has 1 aliphatic carbocycles. The Balaban J connectivity index is 1.92. The van der Waals surface area contributed by atoms with Crippen molar-refractivity contribution in [2.75, 3.05) is 13.4 Å². The van der Waals surface area contributed by atoms with Gasteiger partial charge in [0.2, 0.25) is 0 Å². The van der Waals surface area contributed by atoms with E-state index in [1.54, 1.807) is 18.2 Å². The summed E-state index contributed by atoms with van der Waals surface area (Å²) in [5.41, 5.74) is 6.27. The van der Waals surface area contributed by atoms with E-state index in [0.717, 1.165) is 6.61 Å². The standard InChI is InChI=1S/C12H14ClNO2S/c13-9-3-4-10(12(14)17)11(5-9)16-7-15-6-8-1-2-8/h3-5,8H,1-2,6-7H2,(H2,14,17). The van der Waals surface area contributed by atoms with E-state index in [0.29, 0.717) is 27.2 Å². The second-order valence-electron chi connectivity index (χ2n) is 4.08. The number of rotatable bonds is 6. The maximum Gasteiger partial charge on any atom is 0.189 e. The number of benzene rings is 1. The van der Waals surface area contributed by atoms with Crippen LogP contribution in [0.2, 0.25) is 5.02 Å². The zero-order valence-electron chi connectivity index (χ0n) is 9.32. The molecular formula is C12H14ClNO2S. The highest BCUT2D eigenvalue weighted by Gasteiger charge is 2.21. The van der Waals surface area contributed by atoms with Crippen LogP contribution in [0, 0.1) is 5.92 Å². The van der Waals surface area contributed by atoms with E-state index in [1.807, 2.05) is 0 Å². The fourth-order valence-corrected chi connectivity index (χ4v) is 1.75. The molecule has 5 heteroatoms. The van der Waals surface area contributed by atoms with Crippen LogP contribution in [0.1, 0.15) is 18.4 Å². The molecule has 0 bridgehead atoms. The largest absolute Gasteiger partial charge is 0.467 e. The van der Waals surface area contributed by atoms with Crippen molar-refractivity contribution in [3.63, 3.8) is 0 Å². The Morgan fingerprint density at radius 3 is 2.88 bits per heavy atom. The van der Waals surface area contributed by atoms with E-state index in [-0.39, 0.29) is 6.79 Å². The van der Waals surface area contributed by atoms with Crippen LogP contribution in [0.3, 0.4) is 0 Å². The quantitative estimate of drug-likeness (QED) is 0.491. The van der Waals surface area contributed by atoms with E-state index in [4.69, 9.17) is 39.0 Å². The molecule has 1 aromatic carbocycles. The Bertz CT molecular complexity index is 421. The third-order valence-corrected chi connectivity index (χ3v) is 3.01. The van der Waals surface area contributed by atoms with Crippen LogP contribution in [0.5, 0.6) is 5.75 Å². The van der Waals surface area contributed by atoms with Gasteiger partial charge in [0.15, 0.2) is 6.79 Å². The Labute approximate surface area is 111 Å². The van der Waals surface area contributed by atoms with Crippen molar-refractivity contribution in [2.24, 2.45) is 11.7 Å². The van der Waals surface area contributed by atoms with Gasteiger partial charge in [-0.3, -0.25) is 0 Å². The Morgan fingerprint density at radius 1 is 1.47 bits per heavy atom. The normalized spacial score (nSPS) is 14.6. The molecule has 1 aromatic rings. The molecule has 3 nitrogen and oxygen atoms in total. The average molecular weight is 272 g/mol. The maximum atomic E-state index is 5.89. The van der Waals surface area contributed by atoms with Crippen molar-refractivity contribution in [3.05, 3.63) is 28.8 Å². The molecule has 0 unspecified atom stereocenters. The minimum absolute atomic E-state index is 0.201. The molecule has 0 spiro atoms.